The zero-order valence-electron chi connectivity index (χ0n) is 17.2. The number of aryl methyl sites for hydroxylation is 4. The van der Waals surface area contributed by atoms with E-state index in [1.807, 2.05) is 24.8 Å². The molecule has 0 unspecified atom stereocenters. The van der Waals surface area contributed by atoms with E-state index >= 15 is 0 Å². The number of anilines is 1. The molecule has 1 aliphatic heterocycles. The molecule has 154 valence electrons. The minimum Gasteiger partial charge on any atom is -0.352 e. The fraction of sp³-hybridized carbons (Fsp3) is 0.429. The maximum atomic E-state index is 12.9. The van der Waals surface area contributed by atoms with Crippen LogP contribution in [0.2, 0.25) is 0 Å². The Morgan fingerprint density at radius 2 is 1.70 bits per heavy atom. The molecule has 1 amide bonds. The third kappa shape index (κ3) is 3.40. The van der Waals surface area contributed by atoms with E-state index < -0.39 is 0 Å². The van der Waals surface area contributed by atoms with Gasteiger partial charge >= 0.3 is 0 Å². The summed E-state index contributed by atoms with van der Waals surface area (Å²) in [5, 5.41) is 21.5. The number of rotatable bonds is 3. The van der Waals surface area contributed by atoms with E-state index in [0.717, 1.165) is 55.3 Å². The van der Waals surface area contributed by atoms with E-state index in [1.54, 1.807) is 16.8 Å². The van der Waals surface area contributed by atoms with Gasteiger partial charge in [-0.1, -0.05) is 0 Å². The molecule has 1 fully saturated rings. The SMILES string of the molecule is Cc1cc(C)n(-c2ccc(C(=O)N3CCN(c4cc5c(nn4)CCC5)CC3)nn2)n1. The van der Waals surface area contributed by atoms with Crippen LogP contribution < -0.4 is 4.90 Å². The van der Waals surface area contributed by atoms with Gasteiger partial charge in [-0.25, -0.2) is 4.68 Å². The summed E-state index contributed by atoms with van der Waals surface area (Å²) in [5.41, 5.74) is 4.70. The quantitative estimate of drug-likeness (QED) is 0.653. The molecule has 0 N–H and O–H groups in total. The van der Waals surface area contributed by atoms with Crippen molar-refractivity contribution in [1.82, 2.24) is 35.1 Å². The number of nitrogens with zero attached hydrogens (tertiary/aromatic N) is 8. The molecule has 0 radical (unpaired) electrons. The van der Waals surface area contributed by atoms with Crippen LogP contribution in [0.5, 0.6) is 0 Å². The maximum Gasteiger partial charge on any atom is 0.274 e. The molecule has 0 atom stereocenters. The van der Waals surface area contributed by atoms with Crippen LogP contribution in [0.4, 0.5) is 5.82 Å². The van der Waals surface area contributed by atoms with Gasteiger partial charge in [-0.2, -0.15) is 10.2 Å². The van der Waals surface area contributed by atoms with E-state index in [1.165, 1.54) is 5.56 Å². The van der Waals surface area contributed by atoms with Crippen LogP contribution in [0.25, 0.3) is 5.82 Å². The van der Waals surface area contributed by atoms with E-state index in [0.29, 0.717) is 24.6 Å². The van der Waals surface area contributed by atoms with Crippen molar-refractivity contribution in [2.75, 3.05) is 31.1 Å². The molecule has 30 heavy (non-hydrogen) atoms. The Morgan fingerprint density at radius 1 is 0.900 bits per heavy atom. The lowest BCUT2D eigenvalue weighted by atomic mass is 10.2. The molecular weight excluding hydrogens is 380 g/mol. The fourth-order valence-electron chi connectivity index (χ4n) is 4.19. The standard InChI is InChI=1S/C21H24N8O/c1-14-12-15(2)29(26-14)19-7-6-18(23-24-19)21(30)28-10-8-27(9-11-28)20-13-16-4-3-5-17(16)22-25-20/h6-7,12-13H,3-5,8-11H2,1-2H3. The Kier molecular flexibility index (Phi) is 4.65. The molecule has 0 saturated carbocycles. The molecule has 9 heteroatoms. The summed E-state index contributed by atoms with van der Waals surface area (Å²) >= 11 is 0. The normalized spacial score (nSPS) is 16.1. The predicted octanol–water partition coefficient (Wildman–Crippen LogP) is 1.52. The molecule has 3 aromatic heterocycles. The molecular formula is C21H24N8O. The molecule has 2 aliphatic rings. The minimum absolute atomic E-state index is 0.0953. The average molecular weight is 404 g/mol. The summed E-state index contributed by atoms with van der Waals surface area (Å²) in [7, 11) is 0. The summed E-state index contributed by atoms with van der Waals surface area (Å²) in [6.45, 7) is 6.61. The Bertz CT molecular complexity index is 1080. The molecule has 0 spiro atoms. The van der Waals surface area contributed by atoms with E-state index in [2.05, 4.69) is 36.5 Å². The van der Waals surface area contributed by atoms with E-state index in [4.69, 9.17) is 0 Å². The maximum absolute atomic E-state index is 12.9. The van der Waals surface area contributed by atoms with E-state index in [-0.39, 0.29) is 5.91 Å². The summed E-state index contributed by atoms with van der Waals surface area (Å²) in [6.07, 6.45) is 3.28. The second kappa shape index (κ2) is 7.47. The van der Waals surface area contributed by atoms with Gasteiger partial charge < -0.3 is 9.80 Å². The molecule has 9 nitrogen and oxygen atoms in total. The lowest BCUT2D eigenvalue weighted by molar-refractivity contribution is 0.0739. The third-order valence-corrected chi connectivity index (χ3v) is 5.79. The molecule has 0 aromatic carbocycles. The first kappa shape index (κ1) is 18.7. The number of carbonyl (C=O) groups excluding carboxylic acids is 1. The Balaban J connectivity index is 1.24. The lowest BCUT2D eigenvalue weighted by Crippen LogP contribution is -2.49. The van der Waals surface area contributed by atoms with Gasteiger partial charge in [-0.3, -0.25) is 4.79 Å². The largest absolute Gasteiger partial charge is 0.352 e. The van der Waals surface area contributed by atoms with Crippen molar-refractivity contribution < 1.29 is 4.79 Å². The highest BCUT2D eigenvalue weighted by Gasteiger charge is 2.25. The van der Waals surface area contributed by atoms with Gasteiger partial charge in [0.1, 0.15) is 0 Å². The highest BCUT2D eigenvalue weighted by Crippen LogP contribution is 2.23. The second-order valence-corrected chi connectivity index (χ2v) is 7.92. The van der Waals surface area contributed by atoms with Crippen molar-refractivity contribution in [3.63, 3.8) is 0 Å². The van der Waals surface area contributed by atoms with Crippen LogP contribution in [0, 0.1) is 13.8 Å². The smallest absolute Gasteiger partial charge is 0.274 e. The molecule has 3 aromatic rings. The monoisotopic (exact) mass is 404 g/mol. The number of hydrogen-bond donors (Lipinski definition) is 0. The minimum atomic E-state index is -0.0953. The molecule has 4 heterocycles. The number of amides is 1. The van der Waals surface area contributed by atoms with E-state index in [9.17, 15) is 4.79 Å². The summed E-state index contributed by atoms with van der Waals surface area (Å²) in [4.78, 5) is 16.9. The molecule has 5 rings (SSSR count). The van der Waals surface area contributed by atoms with Gasteiger partial charge in [0.15, 0.2) is 17.3 Å². The molecule has 1 saturated heterocycles. The van der Waals surface area contributed by atoms with Crippen LogP contribution in [-0.4, -0.2) is 67.2 Å². The number of hydrogen-bond acceptors (Lipinski definition) is 7. The second-order valence-electron chi connectivity index (χ2n) is 7.92. The Labute approximate surface area is 174 Å². The van der Waals surface area contributed by atoms with Crippen LogP contribution in [0.1, 0.15) is 39.6 Å². The van der Waals surface area contributed by atoms with Gasteiger partial charge in [0.2, 0.25) is 0 Å². The van der Waals surface area contributed by atoms with Crippen molar-refractivity contribution in [3.8, 4) is 5.82 Å². The molecule has 0 bridgehead atoms. The average Bonchev–Trinajstić information content (AvgIpc) is 3.38. The number of piperazine rings is 1. The highest BCUT2D eigenvalue weighted by molar-refractivity contribution is 5.92. The molecule has 1 aliphatic carbocycles. The Hall–Kier alpha value is -3.36. The van der Waals surface area contributed by atoms with Gasteiger partial charge in [0.25, 0.3) is 5.91 Å². The van der Waals surface area contributed by atoms with Crippen LogP contribution in [0.15, 0.2) is 24.3 Å². The number of carbonyl (C=O) groups is 1. The van der Waals surface area contributed by atoms with Gasteiger partial charge in [0, 0.05) is 31.9 Å². The first-order chi connectivity index (χ1) is 14.6. The van der Waals surface area contributed by atoms with Crippen LogP contribution in [-0.2, 0) is 12.8 Å². The number of aromatic nitrogens is 6. The summed E-state index contributed by atoms with van der Waals surface area (Å²) in [6, 6.07) is 7.65. The van der Waals surface area contributed by atoms with Gasteiger partial charge in [0.05, 0.1) is 11.4 Å². The van der Waals surface area contributed by atoms with Gasteiger partial charge in [-0.15, -0.1) is 15.3 Å². The van der Waals surface area contributed by atoms with Crippen molar-refractivity contribution in [3.05, 3.63) is 52.6 Å². The first-order valence-electron chi connectivity index (χ1n) is 10.4. The highest BCUT2D eigenvalue weighted by atomic mass is 16.2. The summed E-state index contributed by atoms with van der Waals surface area (Å²) < 4.78 is 1.73. The van der Waals surface area contributed by atoms with Crippen molar-refractivity contribution in [2.24, 2.45) is 0 Å². The third-order valence-electron chi connectivity index (χ3n) is 5.79. The van der Waals surface area contributed by atoms with Gasteiger partial charge in [-0.05, 0) is 62.9 Å². The van der Waals surface area contributed by atoms with Crippen molar-refractivity contribution in [1.29, 1.82) is 0 Å². The van der Waals surface area contributed by atoms with Crippen molar-refractivity contribution >= 4 is 11.7 Å². The predicted molar refractivity (Wildman–Crippen MR) is 111 cm³/mol. The first-order valence-corrected chi connectivity index (χ1v) is 10.4. The Morgan fingerprint density at radius 3 is 2.40 bits per heavy atom. The summed E-state index contributed by atoms with van der Waals surface area (Å²) in [5.74, 6) is 1.43. The number of fused-ring (bicyclic) bond motifs is 1. The van der Waals surface area contributed by atoms with Crippen LogP contribution in [0.3, 0.4) is 0 Å². The zero-order valence-corrected chi connectivity index (χ0v) is 17.2. The fourth-order valence-corrected chi connectivity index (χ4v) is 4.19. The van der Waals surface area contributed by atoms with Crippen LogP contribution >= 0.6 is 0 Å². The zero-order chi connectivity index (χ0) is 20.7. The topological polar surface area (TPSA) is 92.9 Å². The van der Waals surface area contributed by atoms with Crippen molar-refractivity contribution in [2.45, 2.75) is 33.1 Å². The lowest BCUT2D eigenvalue weighted by Gasteiger charge is -2.35.